The van der Waals surface area contributed by atoms with E-state index in [1.165, 1.54) is 6.07 Å². The zero-order valence-electron chi connectivity index (χ0n) is 9.33. The molecule has 0 saturated heterocycles. The van der Waals surface area contributed by atoms with E-state index in [2.05, 4.69) is 4.40 Å². The molecule has 0 aliphatic carbocycles. The van der Waals surface area contributed by atoms with Gasteiger partial charge in [-0.2, -0.15) is 4.40 Å². The second-order valence-corrected chi connectivity index (χ2v) is 5.30. The highest BCUT2D eigenvalue weighted by Crippen LogP contribution is 2.11. The predicted molar refractivity (Wildman–Crippen MR) is 61.8 cm³/mol. The molecule has 0 aromatic heterocycles. The molecule has 1 aromatic carbocycles. The maximum Gasteiger partial charge on any atom is 0.142 e. The van der Waals surface area contributed by atoms with E-state index in [0.29, 0.717) is 5.71 Å². The van der Waals surface area contributed by atoms with Gasteiger partial charge in [0.05, 0.1) is 11.0 Å². The van der Waals surface area contributed by atoms with Crippen molar-refractivity contribution in [1.29, 1.82) is 0 Å². The van der Waals surface area contributed by atoms with Crippen molar-refractivity contribution in [3.63, 3.8) is 0 Å². The molecule has 0 spiro atoms. The number of rotatable bonds is 3. The van der Waals surface area contributed by atoms with Crippen molar-refractivity contribution in [1.82, 2.24) is 0 Å². The highest BCUT2D eigenvalue weighted by atomic mass is 32.2. The summed E-state index contributed by atoms with van der Waals surface area (Å²) in [5.41, 5.74) is 0.486. The second kappa shape index (κ2) is 5.30. The third kappa shape index (κ3) is 3.20. The van der Waals surface area contributed by atoms with E-state index in [1.54, 1.807) is 20.8 Å². The first kappa shape index (κ1) is 13.0. The monoisotopic (exact) mass is 245 g/mol. The lowest BCUT2D eigenvalue weighted by molar-refractivity contribution is 0.582. The normalized spacial score (nSPS) is 14.2. The summed E-state index contributed by atoms with van der Waals surface area (Å²) in [6, 6.07) is 3.23. The average Bonchev–Trinajstić information content (AvgIpc) is 2.16. The van der Waals surface area contributed by atoms with Crippen LogP contribution in [0, 0.1) is 11.6 Å². The van der Waals surface area contributed by atoms with E-state index in [9.17, 15) is 13.0 Å². The first-order chi connectivity index (χ1) is 7.41. The van der Waals surface area contributed by atoms with Gasteiger partial charge >= 0.3 is 0 Å². The molecule has 1 rings (SSSR count). The molecular weight excluding hydrogens is 232 g/mol. The number of halogens is 2. The fourth-order valence-electron chi connectivity index (χ4n) is 1.07. The summed E-state index contributed by atoms with van der Waals surface area (Å²) < 4.78 is 41.3. The highest BCUT2D eigenvalue weighted by Gasteiger charge is 2.09. The largest absolute Gasteiger partial charge is 0.235 e. The Labute approximate surface area is 96.0 Å². The van der Waals surface area contributed by atoms with Crippen LogP contribution in [0.2, 0.25) is 0 Å². The number of hydrogen-bond acceptors (Lipinski definition) is 1. The van der Waals surface area contributed by atoms with Crippen LogP contribution in [-0.4, -0.2) is 15.2 Å². The third-order valence-electron chi connectivity index (χ3n) is 1.95. The first-order valence-corrected chi connectivity index (χ1v) is 6.00. The molecule has 0 unspecified atom stereocenters. The molecular formula is C11H13F2NOS. The van der Waals surface area contributed by atoms with Gasteiger partial charge < -0.3 is 0 Å². The lowest BCUT2D eigenvalue weighted by atomic mass is 10.1. The van der Waals surface area contributed by atoms with Gasteiger partial charge in [-0.05, 0) is 32.9 Å². The first-order valence-electron chi connectivity index (χ1n) is 4.83. The number of nitrogens with zero attached hydrogens (tertiary/aromatic N) is 1. The number of hydrogen-bond donors (Lipinski definition) is 0. The van der Waals surface area contributed by atoms with Crippen molar-refractivity contribution in [2.24, 2.45) is 4.40 Å². The van der Waals surface area contributed by atoms with E-state index in [0.717, 1.165) is 12.1 Å². The Hall–Kier alpha value is -1.10. The van der Waals surface area contributed by atoms with Gasteiger partial charge in [0.1, 0.15) is 22.6 Å². The Balaban J connectivity index is 3.05. The lowest BCUT2D eigenvalue weighted by Gasteiger charge is -2.04. The summed E-state index contributed by atoms with van der Waals surface area (Å²) in [6.07, 6.45) is 0. The molecule has 0 radical (unpaired) electrons. The lowest BCUT2D eigenvalue weighted by Crippen LogP contribution is -2.07. The van der Waals surface area contributed by atoms with E-state index < -0.39 is 22.6 Å². The molecule has 2 nitrogen and oxygen atoms in total. The molecule has 0 fully saturated rings. The molecule has 88 valence electrons. The van der Waals surface area contributed by atoms with Gasteiger partial charge in [0.2, 0.25) is 0 Å². The summed E-state index contributed by atoms with van der Waals surface area (Å²) in [4.78, 5) is 0. The molecule has 1 aromatic rings. The minimum absolute atomic E-state index is 0.126. The average molecular weight is 245 g/mol. The molecule has 0 saturated carbocycles. The van der Waals surface area contributed by atoms with Gasteiger partial charge in [-0.1, -0.05) is 0 Å². The van der Waals surface area contributed by atoms with Crippen LogP contribution in [0.4, 0.5) is 8.78 Å². The molecule has 0 bridgehead atoms. The fourth-order valence-corrected chi connectivity index (χ4v) is 1.65. The van der Waals surface area contributed by atoms with Gasteiger partial charge in [0, 0.05) is 11.6 Å². The smallest absolute Gasteiger partial charge is 0.142 e. The summed E-state index contributed by atoms with van der Waals surface area (Å²) >= 11 is 0. The van der Waals surface area contributed by atoms with Crippen LogP contribution in [0.15, 0.2) is 22.6 Å². The summed E-state index contributed by atoms with van der Waals surface area (Å²) in [6.45, 7) is 5.07. The fraction of sp³-hybridized carbons (Fsp3) is 0.364. The standard InChI is InChI=1S/C11H13F2NOS/c1-7(2)16(15)14-8(3)10-5-4-9(12)6-11(10)13/h4-7H,1-3H3/t16-/m1/s1. The third-order valence-corrected chi connectivity index (χ3v) is 3.21. The summed E-state index contributed by atoms with van der Waals surface area (Å²) in [7, 11) is -1.39. The Morgan fingerprint density at radius 2 is 2.00 bits per heavy atom. The SMILES string of the molecule is CC(=N[S@](=O)C(C)C)c1ccc(F)cc1F. The maximum atomic E-state index is 13.3. The van der Waals surface area contributed by atoms with Crippen molar-refractivity contribution < 1.29 is 13.0 Å². The Bertz CT molecular complexity index is 444. The van der Waals surface area contributed by atoms with Gasteiger partial charge in [-0.3, -0.25) is 0 Å². The minimum atomic E-state index is -1.39. The van der Waals surface area contributed by atoms with Crippen molar-refractivity contribution >= 4 is 16.7 Å². The second-order valence-electron chi connectivity index (χ2n) is 3.63. The van der Waals surface area contributed by atoms with Crippen LogP contribution >= 0.6 is 0 Å². The Kier molecular flexibility index (Phi) is 4.29. The molecule has 0 amide bonds. The van der Waals surface area contributed by atoms with Crippen molar-refractivity contribution in [2.75, 3.05) is 0 Å². The maximum absolute atomic E-state index is 13.3. The highest BCUT2D eigenvalue weighted by molar-refractivity contribution is 7.84. The van der Waals surface area contributed by atoms with Gasteiger partial charge in [0.15, 0.2) is 0 Å². The van der Waals surface area contributed by atoms with Crippen LogP contribution in [0.5, 0.6) is 0 Å². The topological polar surface area (TPSA) is 29.4 Å². The zero-order chi connectivity index (χ0) is 12.3. The molecule has 0 heterocycles. The van der Waals surface area contributed by atoms with Crippen molar-refractivity contribution in [3.8, 4) is 0 Å². The molecule has 1 atom stereocenters. The van der Waals surface area contributed by atoms with Crippen LogP contribution in [-0.2, 0) is 11.0 Å². The molecule has 0 N–H and O–H groups in total. The van der Waals surface area contributed by atoms with Crippen LogP contribution in [0.25, 0.3) is 0 Å². The Morgan fingerprint density at radius 3 is 2.50 bits per heavy atom. The van der Waals surface area contributed by atoms with Crippen LogP contribution < -0.4 is 0 Å². The zero-order valence-corrected chi connectivity index (χ0v) is 10.1. The molecule has 0 aliphatic heterocycles. The van der Waals surface area contributed by atoms with Gasteiger partial charge in [-0.15, -0.1) is 0 Å². The minimum Gasteiger partial charge on any atom is -0.235 e. The van der Waals surface area contributed by atoms with Crippen LogP contribution in [0.3, 0.4) is 0 Å². The molecule has 16 heavy (non-hydrogen) atoms. The van der Waals surface area contributed by atoms with Crippen molar-refractivity contribution in [2.45, 2.75) is 26.0 Å². The van der Waals surface area contributed by atoms with E-state index in [1.807, 2.05) is 0 Å². The quantitative estimate of drug-likeness (QED) is 0.753. The van der Waals surface area contributed by atoms with E-state index in [4.69, 9.17) is 0 Å². The predicted octanol–water partition coefficient (Wildman–Crippen LogP) is 2.85. The van der Waals surface area contributed by atoms with Crippen LogP contribution in [0.1, 0.15) is 26.3 Å². The number of benzene rings is 1. The molecule has 0 aliphatic rings. The summed E-state index contributed by atoms with van der Waals surface area (Å²) in [5.74, 6) is -1.33. The van der Waals surface area contributed by atoms with Crippen molar-refractivity contribution in [3.05, 3.63) is 35.4 Å². The van der Waals surface area contributed by atoms with Gasteiger partial charge in [-0.25, -0.2) is 13.0 Å². The molecule has 5 heteroatoms. The van der Waals surface area contributed by atoms with E-state index >= 15 is 0 Å². The van der Waals surface area contributed by atoms with Gasteiger partial charge in [0.25, 0.3) is 0 Å². The Morgan fingerprint density at radius 1 is 1.38 bits per heavy atom. The summed E-state index contributed by atoms with van der Waals surface area (Å²) in [5, 5.41) is -0.126. The van der Waals surface area contributed by atoms with E-state index in [-0.39, 0.29) is 10.8 Å².